The second-order valence-electron chi connectivity index (χ2n) is 10.6. The first kappa shape index (κ1) is 36.2. The minimum atomic E-state index is -4.62. The molecule has 0 heterocycles. The van der Waals surface area contributed by atoms with Crippen molar-refractivity contribution in [1.29, 1.82) is 0 Å². The van der Waals surface area contributed by atoms with Gasteiger partial charge in [-0.3, -0.25) is 9.11 Å². The maximum absolute atomic E-state index is 12.1. The molecule has 0 fully saturated rings. The molecule has 0 saturated heterocycles. The van der Waals surface area contributed by atoms with Crippen LogP contribution in [0.25, 0.3) is 0 Å². The molecule has 0 aromatic heterocycles. The molecule has 0 spiro atoms. The zero-order valence-electron chi connectivity index (χ0n) is 26.9. The molecule has 0 amide bonds. The summed E-state index contributed by atoms with van der Waals surface area (Å²) in [6, 6.07) is 21.3. The maximum atomic E-state index is 12.1. The molecule has 0 radical (unpaired) electrons. The average Bonchev–Trinajstić information content (AvgIpc) is 3.01. The van der Waals surface area contributed by atoms with Crippen molar-refractivity contribution in [2.75, 3.05) is 36.0 Å². The third-order valence-electron chi connectivity index (χ3n) is 7.86. The molecule has 2 atom stereocenters. The lowest BCUT2D eigenvalue weighted by molar-refractivity contribution is 0.213. The zero-order chi connectivity index (χ0) is 33.4. The fourth-order valence-electron chi connectivity index (χ4n) is 5.40. The van der Waals surface area contributed by atoms with Crippen molar-refractivity contribution >= 4 is 31.6 Å². The van der Waals surface area contributed by atoms with Gasteiger partial charge >= 0.3 is 20.2 Å². The lowest BCUT2D eigenvalue weighted by Gasteiger charge is -2.26. The van der Waals surface area contributed by atoms with E-state index in [-0.39, 0.29) is 30.3 Å². The highest BCUT2D eigenvalue weighted by Gasteiger charge is 2.29. The number of anilines is 2. The third-order valence-corrected chi connectivity index (χ3v) is 10.0. The second-order valence-corrected chi connectivity index (χ2v) is 13.7. The summed E-state index contributed by atoms with van der Waals surface area (Å²) in [7, 11) is -9.21. The minimum absolute atomic E-state index is 0.0735. The van der Waals surface area contributed by atoms with E-state index in [2.05, 4.69) is 86.0 Å². The number of ether oxygens (including phenoxy) is 2. The summed E-state index contributed by atoms with van der Waals surface area (Å²) in [5.41, 5.74) is 1.59. The summed E-state index contributed by atoms with van der Waals surface area (Å²) in [4.78, 5) is 4.49. The normalized spacial score (nSPS) is 13.4. The van der Waals surface area contributed by atoms with Gasteiger partial charge in [-0.25, -0.2) is 0 Å². The summed E-state index contributed by atoms with van der Waals surface area (Å²) >= 11 is 0. The molecular weight excluding hydrogens is 617 g/mol. The molecule has 248 valence electrons. The van der Waals surface area contributed by atoms with Crippen LogP contribution in [0, 0.1) is 0 Å². The molecule has 45 heavy (non-hydrogen) atoms. The van der Waals surface area contributed by atoms with Gasteiger partial charge in [-0.2, -0.15) is 16.8 Å². The Morgan fingerprint density at radius 3 is 1.24 bits per heavy atom. The van der Waals surface area contributed by atoms with Gasteiger partial charge in [0.25, 0.3) is 0 Å². The standard InChI is InChI=1S/C33H46N2O8S2/c1-7-31(44(36,37)38)42-29-22-17-26(23-30(29)43-32(8-2)45(39,40)41)33(24-13-18-27(19-14-24)34(9-3)10-4)25-15-20-28(21-16-25)35(11-5)12-6/h13-23,31-33H,7-12H2,1-6H3,(H,36,37,38)(H,39,40,41). The molecule has 0 aliphatic carbocycles. The van der Waals surface area contributed by atoms with Crippen molar-refractivity contribution in [2.24, 2.45) is 0 Å². The topological polar surface area (TPSA) is 134 Å². The van der Waals surface area contributed by atoms with Gasteiger partial charge in [0.2, 0.25) is 10.9 Å². The van der Waals surface area contributed by atoms with E-state index in [4.69, 9.17) is 9.47 Å². The van der Waals surface area contributed by atoms with Crippen molar-refractivity contribution in [3.8, 4) is 11.5 Å². The fraction of sp³-hybridized carbons (Fsp3) is 0.455. The molecule has 2 unspecified atom stereocenters. The number of hydrogen-bond donors (Lipinski definition) is 2. The van der Waals surface area contributed by atoms with Gasteiger partial charge in [0.05, 0.1) is 0 Å². The van der Waals surface area contributed by atoms with Crippen molar-refractivity contribution in [3.63, 3.8) is 0 Å². The first-order valence-electron chi connectivity index (χ1n) is 15.4. The smallest absolute Gasteiger partial charge is 0.303 e. The Labute approximate surface area is 268 Å². The predicted molar refractivity (Wildman–Crippen MR) is 180 cm³/mol. The van der Waals surface area contributed by atoms with Crippen LogP contribution in [0.2, 0.25) is 0 Å². The van der Waals surface area contributed by atoms with Gasteiger partial charge in [0.15, 0.2) is 11.5 Å². The van der Waals surface area contributed by atoms with E-state index in [1.54, 1.807) is 12.1 Å². The molecule has 0 aliphatic heterocycles. The van der Waals surface area contributed by atoms with Gasteiger partial charge in [-0.15, -0.1) is 0 Å². The van der Waals surface area contributed by atoms with Gasteiger partial charge < -0.3 is 19.3 Å². The van der Waals surface area contributed by atoms with E-state index in [1.807, 2.05) is 0 Å². The Morgan fingerprint density at radius 2 is 0.911 bits per heavy atom. The summed E-state index contributed by atoms with van der Waals surface area (Å²) in [5, 5.41) is 0. The lowest BCUT2D eigenvalue weighted by Crippen LogP contribution is -2.28. The van der Waals surface area contributed by atoms with E-state index in [0.29, 0.717) is 5.56 Å². The number of hydrogen-bond acceptors (Lipinski definition) is 8. The highest BCUT2D eigenvalue weighted by Crippen LogP contribution is 2.40. The highest BCUT2D eigenvalue weighted by atomic mass is 32.2. The van der Waals surface area contributed by atoms with Crippen LogP contribution in [-0.4, -0.2) is 63.0 Å². The summed E-state index contributed by atoms with van der Waals surface area (Å²) < 4.78 is 79.0. The van der Waals surface area contributed by atoms with Crippen LogP contribution in [0.5, 0.6) is 11.5 Å². The van der Waals surface area contributed by atoms with Crippen molar-refractivity contribution in [1.82, 2.24) is 0 Å². The number of benzene rings is 3. The summed E-state index contributed by atoms with van der Waals surface area (Å²) in [6.45, 7) is 14.9. The molecular formula is C33H46N2O8S2. The maximum Gasteiger partial charge on any atom is 0.303 e. The summed E-state index contributed by atoms with van der Waals surface area (Å²) in [6.07, 6.45) is -0.156. The van der Waals surface area contributed by atoms with E-state index < -0.39 is 31.1 Å². The van der Waals surface area contributed by atoms with E-state index in [0.717, 1.165) is 48.7 Å². The lowest BCUT2D eigenvalue weighted by atomic mass is 9.84. The van der Waals surface area contributed by atoms with E-state index in [9.17, 15) is 25.9 Å². The van der Waals surface area contributed by atoms with Crippen LogP contribution in [0.1, 0.15) is 77.0 Å². The van der Waals surface area contributed by atoms with Crippen molar-refractivity contribution in [2.45, 2.75) is 71.2 Å². The first-order chi connectivity index (χ1) is 21.3. The molecule has 0 bridgehead atoms. The van der Waals surface area contributed by atoms with E-state index >= 15 is 0 Å². The Bertz CT molecular complexity index is 1530. The fourth-order valence-corrected chi connectivity index (χ4v) is 6.69. The highest BCUT2D eigenvalue weighted by molar-refractivity contribution is 7.86. The second kappa shape index (κ2) is 15.8. The van der Waals surface area contributed by atoms with Gasteiger partial charge in [0.1, 0.15) is 0 Å². The summed E-state index contributed by atoms with van der Waals surface area (Å²) in [5.74, 6) is -0.492. The molecule has 3 rings (SSSR count). The van der Waals surface area contributed by atoms with Crippen molar-refractivity contribution < 1.29 is 35.4 Å². The monoisotopic (exact) mass is 662 g/mol. The molecule has 12 heteroatoms. The Balaban J connectivity index is 2.22. The molecule has 0 aliphatic rings. The molecule has 3 aromatic rings. The number of rotatable bonds is 17. The van der Waals surface area contributed by atoms with Crippen LogP contribution >= 0.6 is 0 Å². The van der Waals surface area contributed by atoms with Crippen LogP contribution in [0.3, 0.4) is 0 Å². The molecule has 3 aromatic carbocycles. The van der Waals surface area contributed by atoms with Gasteiger partial charge in [-0.1, -0.05) is 44.2 Å². The largest absolute Gasteiger partial charge is 0.468 e. The Kier molecular flexibility index (Phi) is 12.7. The van der Waals surface area contributed by atoms with Gasteiger partial charge in [0, 0.05) is 43.5 Å². The van der Waals surface area contributed by atoms with Crippen LogP contribution < -0.4 is 19.3 Å². The molecule has 0 saturated carbocycles. The van der Waals surface area contributed by atoms with E-state index in [1.165, 1.54) is 19.9 Å². The third kappa shape index (κ3) is 9.12. The van der Waals surface area contributed by atoms with Crippen LogP contribution in [0.15, 0.2) is 66.7 Å². The van der Waals surface area contributed by atoms with Gasteiger partial charge in [-0.05, 0) is 93.6 Å². The Hall–Kier alpha value is -3.32. The molecule has 2 N–H and O–H groups in total. The van der Waals surface area contributed by atoms with Crippen LogP contribution in [0.4, 0.5) is 11.4 Å². The quantitative estimate of drug-likeness (QED) is 0.121. The average molecular weight is 663 g/mol. The zero-order valence-corrected chi connectivity index (χ0v) is 28.5. The number of nitrogens with zero attached hydrogens (tertiary/aromatic N) is 2. The predicted octanol–water partition coefficient (Wildman–Crippen LogP) is 6.56. The first-order valence-corrected chi connectivity index (χ1v) is 18.4. The Morgan fingerprint density at radius 1 is 0.556 bits per heavy atom. The molecule has 10 nitrogen and oxygen atoms in total. The minimum Gasteiger partial charge on any atom is -0.468 e. The van der Waals surface area contributed by atoms with Crippen molar-refractivity contribution in [3.05, 3.63) is 83.4 Å². The van der Waals surface area contributed by atoms with Crippen LogP contribution in [-0.2, 0) is 20.2 Å². The SMILES string of the molecule is CCC(Oc1ccc(C(c2ccc(N(CC)CC)cc2)c2ccc(N(CC)CC)cc2)cc1OC(CC)S(=O)(=O)O)S(=O)(=O)O.